The number of esters is 3. The van der Waals surface area contributed by atoms with Gasteiger partial charge in [-0.05, 0) is 34.9 Å². The minimum absolute atomic E-state index is 0.0370. The first kappa shape index (κ1) is 42.1. The molecule has 2 bridgehead atoms. The van der Waals surface area contributed by atoms with Gasteiger partial charge >= 0.3 is 17.9 Å². The molecule has 0 spiro atoms. The van der Waals surface area contributed by atoms with Gasteiger partial charge in [0.15, 0.2) is 6.04 Å². The van der Waals surface area contributed by atoms with E-state index in [0.717, 1.165) is 5.56 Å². The molecular formula is C48H47N3O12. The van der Waals surface area contributed by atoms with E-state index < -0.39 is 77.0 Å². The van der Waals surface area contributed by atoms with Gasteiger partial charge in [-0.25, -0.2) is 9.59 Å². The summed E-state index contributed by atoms with van der Waals surface area (Å²) in [4.78, 5) is 73.6. The molecule has 0 unspecified atom stereocenters. The second-order valence-electron chi connectivity index (χ2n) is 17.1. The van der Waals surface area contributed by atoms with Crippen LogP contribution in [0.1, 0.15) is 58.4 Å². The van der Waals surface area contributed by atoms with E-state index in [1.54, 1.807) is 56.3 Å². The zero-order valence-corrected chi connectivity index (χ0v) is 34.6. The Balaban J connectivity index is 1.01. The SMILES string of the molecule is CC1(C)COC(=O)[C@@H]1OC(=O)C=Cc1ccc(CN2O[C@@H]3[C@H]4OC(c5ccccc5)(c5ccccc5)O[C@H]4[C@H]4C[C@]3(C(=O)NCc3cccc(C(=O)NCCO)c3)[C@@H]2C(=O)O4)cc1. The minimum Gasteiger partial charge on any atom is -0.462 e. The molecule has 1 aliphatic carbocycles. The molecule has 2 amide bonds. The van der Waals surface area contributed by atoms with Crippen LogP contribution in [-0.4, -0.2) is 96.2 Å². The molecular weight excluding hydrogens is 811 g/mol. The predicted molar refractivity (Wildman–Crippen MR) is 222 cm³/mol. The van der Waals surface area contributed by atoms with E-state index in [4.69, 9.17) is 28.5 Å². The highest BCUT2D eigenvalue weighted by molar-refractivity contribution is 5.95. The number of hydroxylamine groups is 2. The number of carbonyl (C=O) groups excluding carboxylic acids is 5. The highest BCUT2D eigenvalue weighted by Crippen LogP contribution is 2.59. The molecule has 0 radical (unpaired) electrons. The maximum atomic E-state index is 15.0. The Morgan fingerprint density at radius 2 is 1.54 bits per heavy atom. The summed E-state index contributed by atoms with van der Waals surface area (Å²) in [5.74, 6) is -4.13. The van der Waals surface area contributed by atoms with E-state index >= 15 is 0 Å². The molecule has 4 aromatic rings. The number of aliphatic hydroxyl groups is 1. The van der Waals surface area contributed by atoms with Gasteiger partial charge in [-0.1, -0.05) is 111 Å². The molecule has 5 aliphatic rings. The quantitative estimate of drug-likeness (QED) is 0.100. The summed E-state index contributed by atoms with van der Waals surface area (Å²) < 4.78 is 30.7. The number of ether oxygens (including phenoxy) is 5. The lowest BCUT2D eigenvalue weighted by Crippen LogP contribution is -2.69. The zero-order chi connectivity index (χ0) is 43.9. The number of hydrogen-bond acceptors (Lipinski definition) is 13. The molecule has 4 saturated heterocycles. The van der Waals surface area contributed by atoms with Crippen molar-refractivity contribution in [2.75, 3.05) is 19.8 Å². The van der Waals surface area contributed by atoms with Crippen LogP contribution < -0.4 is 10.6 Å². The topological polar surface area (TPSA) is 188 Å². The van der Waals surface area contributed by atoms with Gasteiger partial charge in [0.25, 0.3) is 5.91 Å². The lowest BCUT2D eigenvalue weighted by Gasteiger charge is -2.48. The highest BCUT2D eigenvalue weighted by atomic mass is 16.8. The van der Waals surface area contributed by atoms with Gasteiger partial charge < -0.3 is 39.4 Å². The largest absolute Gasteiger partial charge is 0.462 e. The Morgan fingerprint density at radius 1 is 0.841 bits per heavy atom. The summed E-state index contributed by atoms with van der Waals surface area (Å²) >= 11 is 0. The van der Waals surface area contributed by atoms with Gasteiger partial charge in [0.1, 0.15) is 36.4 Å². The molecule has 4 aromatic carbocycles. The third kappa shape index (κ3) is 7.69. The molecule has 0 aromatic heterocycles. The van der Waals surface area contributed by atoms with Crippen molar-refractivity contribution >= 4 is 35.8 Å². The first-order valence-corrected chi connectivity index (χ1v) is 20.9. The van der Waals surface area contributed by atoms with Crippen molar-refractivity contribution < 1.29 is 57.6 Å². The van der Waals surface area contributed by atoms with Crippen LogP contribution in [-0.2, 0) is 66.6 Å². The Morgan fingerprint density at radius 3 is 2.21 bits per heavy atom. The first-order valence-electron chi connectivity index (χ1n) is 20.9. The van der Waals surface area contributed by atoms with E-state index in [2.05, 4.69) is 10.6 Å². The van der Waals surface area contributed by atoms with Crippen molar-refractivity contribution in [2.45, 2.75) is 75.7 Å². The molecule has 3 N–H and O–H groups in total. The number of rotatable bonds is 13. The van der Waals surface area contributed by atoms with Crippen molar-refractivity contribution in [3.8, 4) is 0 Å². The average Bonchev–Trinajstić information content (AvgIpc) is 3.96. The minimum atomic E-state index is -1.49. The Hall–Kier alpha value is -6.23. The van der Waals surface area contributed by atoms with E-state index in [0.29, 0.717) is 27.8 Å². The first-order chi connectivity index (χ1) is 30.4. The van der Waals surface area contributed by atoms with Crippen LogP contribution in [0.3, 0.4) is 0 Å². The van der Waals surface area contributed by atoms with Gasteiger partial charge in [-0.3, -0.25) is 19.2 Å². The second kappa shape index (κ2) is 16.8. The average molecular weight is 858 g/mol. The number of aliphatic hydroxyl groups excluding tert-OH is 1. The number of nitrogens with one attached hydrogen (secondary N) is 2. The van der Waals surface area contributed by atoms with Crippen LogP contribution in [0.5, 0.6) is 0 Å². The van der Waals surface area contributed by atoms with Crippen LogP contribution in [0.25, 0.3) is 6.08 Å². The fourth-order valence-corrected chi connectivity index (χ4v) is 9.30. The summed E-state index contributed by atoms with van der Waals surface area (Å²) in [6.07, 6.45) is -1.65. The normalized spacial score (nSPS) is 27.6. The lowest BCUT2D eigenvalue weighted by molar-refractivity contribution is -0.213. The van der Waals surface area contributed by atoms with Crippen LogP contribution >= 0.6 is 0 Å². The Kier molecular flexibility index (Phi) is 11.2. The van der Waals surface area contributed by atoms with Crippen molar-refractivity contribution in [3.63, 3.8) is 0 Å². The summed E-state index contributed by atoms with van der Waals surface area (Å²) in [5, 5.41) is 16.4. The highest BCUT2D eigenvalue weighted by Gasteiger charge is 2.76. The van der Waals surface area contributed by atoms with E-state index in [9.17, 15) is 29.1 Å². The van der Waals surface area contributed by atoms with Crippen LogP contribution in [0, 0.1) is 10.8 Å². The van der Waals surface area contributed by atoms with Crippen molar-refractivity contribution in [2.24, 2.45) is 10.8 Å². The third-order valence-electron chi connectivity index (χ3n) is 12.4. The predicted octanol–water partition coefficient (Wildman–Crippen LogP) is 3.72. The maximum Gasteiger partial charge on any atom is 0.348 e. The number of carbonyl (C=O) groups is 5. The summed E-state index contributed by atoms with van der Waals surface area (Å²) in [5.41, 5.74) is 1.70. The fraction of sp³-hybridized carbons (Fsp3) is 0.354. The molecule has 326 valence electrons. The Bertz CT molecular complexity index is 2390. The van der Waals surface area contributed by atoms with Gasteiger partial charge in [0, 0.05) is 47.7 Å². The monoisotopic (exact) mass is 857 g/mol. The van der Waals surface area contributed by atoms with Crippen molar-refractivity contribution in [1.82, 2.24) is 15.7 Å². The maximum absolute atomic E-state index is 15.0. The molecule has 15 nitrogen and oxygen atoms in total. The number of nitrogens with zero attached hydrogens (tertiary/aromatic N) is 1. The molecule has 7 atom stereocenters. The third-order valence-corrected chi connectivity index (χ3v) is 12.4. The summed E-state index contributed by atoms with van der Waals surface area (Å²) in [7, 11) is 0. The van der Waals surface area contributed by atoms with Gasteiger partial charge in [0.2, 0.25) is 17.8 Å². The van der Waals surface area contributed by atoms with E-state index in [1.165, 1.54) is 11.1 Å². The molecule has 5 fully saturated rings. The zero-order valence-electron chi connectivity index (χ0n) is 34.6. The number of cyclic esters (lactones) is 1. The van der Waals surface area contributed by atoms with Gasteiger partial charge in [0.05, 0.1) is 13.2 Å². The molecule has 9 rings (SSSR count). The molecule has 4 aliphatic heterocycles. The van der Waals surface area contributed by atoms with Gasteiger partial charge in [-0.15, -0.1) is 0 Å². The molecule has 63 heavy (non-hydrogen) atoms. The summed E-state index contributed by atoms with van der Waals surface area (Å²) in [6, 6.07) is 31.8. The molecule has 15 heteroatoms. The number of amides is 2. The molecule has 1 saturated carbocycles. The van der Waals surface area contributed by atoms with Crippen molar-refractivity contribution in [1.29, 1.82) is 0 Å². The smallest absolute Gasteiger partial charge is 0.348 e. The number of benzene rings is 4. The van der Waals surface area contributed by atoms with Crippen LogP contribution in [0.2, 0.25) is 0 Å². The van der Waals surface area contributed by atoms with E-state index in [1.807, 2.05) is 72.8 Å². The number of hydrogen-bond donors (Lipinski definition) is 3. The van der Waals surface area contributed by atoms with Crippen molar-refractivity contribution in [3.05, 3.63) is 149 Å². The van der Waals surface area contributed by atoms with E-state index in [-0.39, 0.29) is 45.2 Å². The summed E-state index contributed by atoms with van der Waals surface area (Å²) in [6.45, 7) is 3.75. The van der Waals surface area contributed by atoms with Gasteiger partial charge in [-0.2, -0.15) is 5.06 Å². The Labute approximate surface area is 363 Å². The lowest BCUT2D eigenvalue weighted by atomic mass is 9.62. The molecule has 4 heterocycles. The van der Waals surface area contributed by atoms with Crippen LogP contribution in [0.15, 0.2) is 115 Å². The standard InChI is InChI=1S/C48H47N3O12/c1-46(2)28-58-44(56)41(46)60-36(53)21-20-29-16-18-30(19-17-29)27-51-39-43(55)59-35-25-47(39,45(57)50-26-31-10-9-11-32(24-31)42(54)49-22-23-52)40(63-51)38-37(35)61-48(62-38,33-12-5-3-6-13-33)34-14-7-4-8-15-34/h3-21,24,35,37-41,52H,22-23,25-28H2,1-2H3,(H,49,54)(H,50,57)/t35-,37+,38+,39+,40-,41+,47+/m1/s1. The van der Waals surface area contributed by atoms with Crippen LogP contribution in [0.4, 0.5) is 0 Å². The fourth-order valence-electron chi connectivity index (χ4n) is 9.30. The second-order valence-corrected chi connectivity index (χ2v) is 17.1. The number of fused-ring (bicyclic) bond motifs is 4.